The molecule has 3 fully saturated rings. The van der Waals surface area contributed by atoms with E-state index in [2.05, 4.69) is 21.4 Å². The standard InChI is InChI=1S/C32H42F3N7O2/c1-5-26(43)41-13-8-21(17-41)40(4)29-23-14-19(2)22(28-27(32(33,34)35)20(3)15-25(36)38-28)16-24(23)37-30(39-29)44-18-31-9-6-11-42(31)12-7-10-31/h5,15,19,21-22H,1,6-14,16-18H2,2-4H3,(H2,36,38)/t19?,21-,22?/m1/s1. The Hall–Kier alpha value is -3.41. The van der Waals surface area contributed by atoms with Crippen molar-refractivity contribution < 1.29 is 22.7 Å². The molecule has 0 radical (unpaired) electrons. The number of anilines is 2. The summed E-state index contributed by atoms with van der Waals surface area (Å²) in [4.78, 5) is 32.8. The number of likely N-dealkylation sites (tertiary alicyclic amines) is 1. The molecule has 1 aliphatic carbocycles. The zero-order chi connectivity index (χ0) is 31.4. The molecule has 0 bridgehead atoms. The fraction of sp³-hybridized carbons (Fsp3) is 0.625. The van der Waals surface area contributed by atoms with Gasteiger partial charge in [-0.15, -0.1) is 0 Å². The van der Waals surface area contributed by atoms with Crippen LogP contribution in [0.1, 0.15) is 73.0 Å². The van der Waals surface area contributed by atoms with Crippen molar-refractivity contribution in [3.8, 4) is 6.01 Å². The Balaban J connectivity index is 1.37. The number of carbonyl (C=O) groups is 1. The van der Waals surface area contributed by atoms with Crippen LogP contribution in [0.5, 0.6) is 6.01 Å². The maximum Gasteiger partial charge on any atom is 0.418 e. The van der Waals surface area contributed by atoms with E-state index in [0.29, 0.717) is 37.6 Å². The second kappa shape index (κ2) is 11.5. The fourth-order valence-electron chi connectivity index (χ4n) is 8.05. The number of hydrogen-bond donors (Lipinski definition) is 1. The van der Waals surface area contributed by atoms with Gasteiger partial charge in [0, 0.05) is 37.7 Å². The van der Waals surface area contributed by atoms with Gasteiger partial charge in [-0.2, -0.15) is 23.1 Å². The molecule has 3 aliphatic heterocycles. The van der Waals surface area contributed by atoms with Crippen LogP contribution in [0, 0.1) is 12.8 Å². The third-order valence-corrected chi connectivity index (χ3v) is 10.4. The molecular formula is C32H42F3N7O2. The topological polar surface area (TPSA) is 101 Å². The molecule has 6 rings (SSSR count). The molecule has 9 nitrogen and oxygen atoms in total. The number of alkyl halides is 3. The number of halogens is 3. The monoisotopic (exact) mass is 613 g/mol. The molecule has 44 heavy (non-hydrogen) atoms. The number of nitrogens with two attached hydrogens (primary N) is 1. The molecule has 5 heterocycles. The molecule has 0 saturated carbocycles. The zero-order valence-corrected chi connectivity index (χ0v) is 25.8. The van der Waals surface area contributed by atoms with Crippen molar-refractivity contribution in [2.45, 2.75) is 82.5 Å². The Kier molecular flexibility index (Phi) is 8.00. The summed E-state index contributed by atoms with van der Waals surface area (Å²) in [7, 11) is 1.97. The van der Waals surface area contributed by atoms with Gasteiger partial charge in [0.25, 0.3) is 0 Å². The third-order valence-electron chi connectivity index (χ3n) is 10.4. The molecule has 2 aromatic rings. The van der Waals surface area contributed by atoms with Crippen molar-refractivity contribution in [3.05, 3.63) is 46.8 Å². The van der Waals surface area contributed by atoms with Gasteiger partial charge in [-0.25, -0.2) is 4.98 Å². The lowest BCUT2D eigenvalue weighted by Crippen LogP contribution is -2.43. The summed E-state index contributed by atoms with van der Waals surface area (Å²) in [6, 6.07) is 1.55. The quantitative estimate of drug-likeness (QED) is 0.455. The van der Waals surface area contributed by atoms with E-state index in [1.54, 1.807) is 4.90 Å². The van der Waals surface area contributed by atoms with Crippen molar-refractivity contribution in [3.63, 3.8) is 0 Å². The summed E-state index contributed by atoms with van der Waals surface area (Å²) in [6.45, 7) is 10.8. The van der Waals surface area contributed by atoms with E-state index in [-0.39, 0.29) is 52.9 Å². The molecule has 1 amide bonds. The summed E-state index contributed by atoms with van der Waals surface area (Å²) in [5.74, 6) is -0.0196. The number of amides is 1. The number of nitrogens with zero attached hydrogens (tertiary/aromatic N) is 6. The Labute approximate surface area is 256 Å². The number of hydrogen-bond acceptors (Lipinski definition) is 8. The minimum Gasteiger partial charge on any atom is -0.461 e. The first kappa shape index (κ1) is 30.6. The molecule has 2 unspecified atom stereocenters. The number of aryl methyl sites for hydroxylation is 1. The smallest absolute Gasteiger partial charge is 0.418 e. The van der Waals surface area contributed by atoms with Crippen molar-refractivity contribution in [1.82, 2.24) is 24.8 Å². The summed E-state index contributed by atoms with van der Waals surface area (Å²) in [5.41, 5.74) is 6.91. The van der Waals surface area contributed by atoms with Crippen LogP contribution < -0.4 is 15.4 Å². The minimum atomic E-state index is -4.56. The predicted molar refractivity (Wildman–Crippen MR) is 162 cm³/mol. The van der Waals surface area contributed by atoms with Crippen LogP contribution >= 0.6 is 0 Å². The highest BCUT2D eigenvalue weighted by Gasteiger charge is 2.46. The number of ether oxygens (including phenoxy) is 1. The molecule has 2 aromatic heterocycles. The third kappa shape index (κ3) is 5.50. The number of likely N-dealkylation sites (N-methyl/N-ethyl adjacent to an activating group) is 1. The van der Waals surface area contributed by atoms with Crippen LogP contribution in [0.2, 0.25) is 0 Å². The van der Waals surface area contributed by atoms with Crippen LogP contribution in [-0.2, 0) is 23.8 Å². The fourth-order valence-corrected chi connectivity index (χ4v) is 8.05. The summed E-state index contributed by atoms with van der Waals surface area (Å²) in [5, 5.41) is 0. The molecule has 3 atom stereocenters. The van der Waals surface area contributed by atoms with E-state index in [9.17, 15) is 18.0 Å². The second-order valence-corrected chi connectivity index (χ2v) is 13.1. The lowest BCUT2D eigenvalue weighted by Gasteiger charge is -2.36. The number of rotatable bonds is 7. The average molecular weight is 614 g/mol. The Morgan fingerprint density at radius 2 is 1.93 bits per heavy atom. The largest absolute Gasteiger partial charge is 0.461 e. The number of pyridine rings is 1. The van der Waals surface area contributed by atoms with Gasteiger partial charge in [-0.3, -0.25) is 9.69 Å². The summed E-state index contributed by atoms with van der Waals surface area (Å²) >= 11 is 0. The highest BCUT2D eigenvalue weighted by molar-refractivity contribution is 5.87. The molecule has 238 valence electrons. The first-order valence-electron chi connectivity index (χ1n) is 15.7. The maximum atomic E-state index is 14.3. The first-order valence-corrected chi connectivity index (χ1v) is 15.7. The molecular weight excluding hydrogens is 571 g/mol. The number of carbonyl (C=O) groups excluding carboxylic acids is 1. The number of fused-ring (bicyclic) bond motifs is 2. The SMILES string of the molecule is C=CC(=O)N1CC[C@@H](N(C)c2nc(OCC34CCCN3CCC4)nc3c2CC(C)C(c2nc(N)cc(C)c2C(F)(F)F)C3)C1. The zero-order valence-electron chi connectivity index (χ0n) is 25.8. The number of nitrogen functional groups attached to an aromatic ring is 1. The first-order chi connectivity index (χ1) is 20.9. The Bertz CT molecular complexity index is 1440. The van der Waals surface area contributed by atoms with Gasteiger partial charge < -0.3 is 20.3 Å². The maximum absolute atomic E-state index is 14.3. The van der Waals surface area contributed by atoms with Crippen LogP contribution in [0.15, 0.2) is 18.7 Å². The van der Waals surface area contributed by atoms with Gasteiger partial charge in [-0.05, 0) is 88.6 Å². The van der Waals surface area contributed by atoms with Crippen LogP contribution in [0.25, 0.3) is 0 Å². The lowest BCUT2D eigenvalue weighted by atomic mass is 9.75. The molecule has 3 saturated heterocycles. The lowest BCUT2D eigenvalue weighted by molar-refractivity contribution is -0.139. The molecule has 0 spiro atoms. The van der Waals surface area contributed by atoms with E-state index < -0.39 is 17.7 Å². The van der Waals surface area contributed by atoms with Crippen molar-refractivity contribution in [1.29, 1.82) is 0 Å². The van der Waals surface area contributed by atoms with Crippen LogP contribution in [0.3, 0.4) is 0 Å². The summed E-state index contributed by atoms with van der Waals surface area (Å²) in [6.07, 6.45) is 2.69. The van der Waals surface area contributed by atoms with E-state index in [4.69, 9.17) is 20.4 Å². The van der Waals surface area contributed by atoms with Crippen molar-refractivity contribution in [2.75, 3.05) is 50.5 Å². The van der Waals surface area contributed by atoms with Crippen LogP contribution in [-0.4, -0.2) is 82.1 Å². The van der Waals surface area contributed by atoms with Gasteiger partial charge in [0.2, 0.25) is 5.91 Å². The molecule has 2 N–H and O–H groups in total. The van der Waals surface area contributed by atoms with Gasteiger partial charge in [0.05, 0.1) is 22.5 Å². The molecule has 12 heteroatoms. The minimum absolute atomic E-state index is 0.00992. The molecule has 0 aromatic carbocycles. The van der Waals surface area contributed by atoms with Crippen molar-refractivity contribution >= 4 is 17.5 Å². The van der Waals surface area contributed by atoms with E-state index in [1.165, 1.54) is 19.1 Å². The summed E-state index contributed by atoms with van der Waals surface area (Å²) < 4.78 is 49.4. The van der Waals surface area contributed by atoms with Crippen LogP contribution in [0.4, 0.5) is 24.8 Å². The number of aromatic nitrogens is 3. The van der Waals surface area contributed by atoms with Gasteiger partial charge in [-0.1, -0.05) is 13.5 Å². The predicted octanol–water partition coefficient (Wildman–Crippen LogP) is 4.53. The van der Waals surface area contributed by atoms with E-state index in [1.807, 2.05) is 14.0 Å². The van der Waals surface area contributed by atoms with Gasteiger partial charge in [0.15, 0.2) is 0 Å². The normalized spacial score (nSPS) is 24.7. The molecule has 4 aliphatic rings. The van der Waals surface area contributed by atoms with Gasteiger partial charge in [0.1, 0.15) is 18.2 Å². The Morgan fingerprint density at radius 1 is 1.20 bits per heavy atom. The van der Waals surface area contributed by atoms with E-state index >= 15 is 0 Å². The average Bonchev–Trinajstić information content (AvgIpc) is 3.70. The van der Waals surface area contributed by atoms with Crippen molar-refractivity contribution in [2.24, 2.45) is 5.92 Å². The second-order valence-electron chi connectivity index (χ2n) is 13.1. The van der Waals surface area contributed by atoms with Gasteiger partial charge >= 0.3 is 12.2 Å². The van der Waals surface area contributed by atoms with E-state index in [0.717, 1.165) is 50.8 Å². The Morgan fingerprint density at radius 3 is 2.61 bits per heavy atom. The highest BCUT2D eigenvalue weighted by atomic mass is 19.4. The highest BCUT2D eigenvalue weighted by Crippen LogP contribution is 2.45.